The van der Waals surface area contributed by atoms with E-state index >= 15 is 0 Å². The van der Waals surface area contributed by atoms with Crippen LogP contribution in [-0.2, 0) is 6.42 Å². The van der Waals surface area contributed by atoms with Crippen molar-refractivity contribution < 1.29 is 9.90 Å². The lowest BCUT2D eigenvalue weighted by atomic mass is 10.1. The maximum Gasteiger partial charge on any atom is 0.317 e. The molecule has 2 amide bonds. The van der Waals surface area contributed by atoms with E-state index in [4.69, 9.17) is 0 Å². The van der Waals surface area contributed by atoms with Gasteiger partial charge in [0.1, 0.15) is 5.65 Å². The van der Waals surface area contributed by atoms with Crippen molar-refractivity contribution in [2.75, 3.05) is 20.1 Å². The van der Waals surface area contributed by atoms with Gasteiger partial charge in [-0.15, -0.1) is 0 Å². The van der Waals surface area contributed by atoms with Crippen LogP contribution in [0.2, 0.25) is 0 Å². The normalized spacial score (nSPS) is 20.5. The molecule has 0 bridgehead atoms. The number of aliphatic hydroxyl groups is 1. The van der Waals surface area contributed by atoms with Crippen LogP contribution in [0.3, 0.4) is 0 Å². The number of aryl methyl sites for hydroxylation is 1. The van der Waals surface area contributed by atoms with Gasteiger partial charge in [0.15, 0.2) is 0 Å². The first-order valence-electron chi connectivity index (χ1n) is 8.65. The predicted molar refractivity (Wildman–Crippen MR) is 93.0 cm³/mol. The number of carbonyl (C=O) groups excluding carboxylic acids is 1. The number of nitrogens with one attached hydrogen (secondary N) is 1. The average Bonchev–Trinajstić information content (AvgIpc) is 3.14. The summed E-state index contributed by atoms with van der Waals surface area (Å²) in [5.74, 6) is 0.210. The van der Waals surface area contributed by atoms with Crippen molar-refractivity contribution in [1.29, 1.82) is 0 Å². The van der Waals surface area contributed by atoms with E-state index < -0.39 is 0 Å². The Hall–Kier alpha value is -2.08. The molecule has 1 saturated carbocycles. The van der Waals surface area contributed by atoms with E-state index in [0.29, 0.717) is 19.5 Å². The molecule has 0 spiro atoms. The Morgan fingerprint density at radius 3 is 3.04 bits per heavy atom. The number of amides is 2. The topological polar surface area (TPSA) is 69.9 Å². The molecule has 0 saturated heterocycles. The largest absolute Gasteiger partial charge is 0.393 e. The highest BCUT2D eigenvalue weighted by atomic mass is 16.3. The molecule has 1 fully saturated rings. The molecule has 3 rings (SSSR count). The number of aromatic nitrogens is 2. The zero-order valence-electron chi connectivity index (χ0n) is 14.4. The van der Waals surface area contributed by atoms with Crippen molar-refractivity contribution in [1.82, 2.24) is 19.6 Å². The molecule has 2 aromatic rings. The van der Waals surface area contributed by atoms with Crippen LogP contribution in [0.1, 0.15) is 30.5 Å². The first kappa shape index (κ1) is 16.8. The van der Waals surface area contributed by atoms with Crippen LogP contribution in [0.25, 0.3) is 5.65 Å². The lowest BCUT2D eigenvalue weighted by molar-refractivity contribution is 0.114. The number of pyridine rings is 1. The van der Waals surface area contributed by atoms with Crippen molar-refractivity contribution in [3.63, 3.8) is 0 Å². The number of urea groups is 1. The number of hydrogen-bond acceptors (Lipinski definition) is 3. The smallest absolute Gasteiger partial charge is 0.317 e. The highest BCUT2D eigenvalue weighted by Crippen LogP contribution is 2.25. The number of nitrogens with zero attached hydrogens (tertiary/aromatic N) is 3. The van der Waals surface area contributed by atoms with Gasteiger partial charge in [0.2, 0.25) is 0 Å². The molecule has 2 N–H and O–H groups in total. The number of hydrogen-bond donors (Lipinski definition) is 2. The summed E-state index contributed by atoms with van der Waals surface area (Å²) in [5, 5.41) is 12.8. The van der Waals surface area contributed by atoms with Gasteiger partial charge in [0.05, 0.1) is 11.8 Å². The zero-order chi connectivity index (χ0) is 17.1. The molecule has 2 atom stereocenters. The van der Waals surface area contributed by atoms with E-state index in [1.165, 1.54) is 0 Å². The summed E-state index contributed by atoms with van der Waals surface area (Å²) in [4.78, 5) is 18.4. The maximum atomic E-state index is 12.2. The number of carbonyl (C=O) groups is 1. The molecule has 2 heterocycles. The summed E-state index contributed by atoms with van der Waals surface area (Å²) in [6.07, 6.45) is 7.33. The summed E-state index contributed by atoms with van der Waals surface area (Å²) in [7, 11) is 1.79. The summed E-state index contributed by atoms with van der Waals surface area (Å²) < 4.78 is 2.01. The van der Waals surface area contributed by atoms with Gasteiger partial charge in [-0.25, -0.2) is 9.78 Å². The summed E-state index contributed by atoms with van der Waals surface area (Å²) >= 11 is 0. The lowest BCUT2D eigenvalue weighted by Crippen LogP contribution is -2.41. The fourth-order valence-electron chi connectivity index (χ4n) is 3.42. The number of imidazole rings is 1. The zero-order valence-corrected chi connectivity index (χ0v) is 14.4. The van der Waals surface area contributed by atoms with Crippen molar-refractivity contribution in [2.24, 2.45) is 5.92 Å². The van der Waals surface area contributed by atoms with E-state index in [9.17, 15) is 9.90 Å². The Balaban J connectivity index is 1.48. The molecule has 6 heteroatoms. The van der Waals surface area contributed by atoms with Crippen molar-refractivity contribution in [3.8, 4) is 0 Å². The minimum atomic E-state index is -0.263. The quantitative estimate of drug-likeness (QED) is 0.881. The van der Waals surface area contributed by atoms with Crippen LogP contribution < -0.4 is 5.32 Å². The van der Waals surface area contributed by atoms with Gasteiger partial charge in [-0.05, 0) is 31.4 Å². The Morgan fingerprint density at radius 1 is 1.50 bits per heavy atom. The summed E-state index contributed by atoms with van der Waals surface area (Å²) in [5.41, 5.74) is 3.08. The molecular weight excluding hydrogens is 304 g/mol. The third kappa shape index (κ3) is 3.70. The van der Waals surface area contributed by atoms with Crippen molar-refractivity contribution in [3.05, 3.63) is 35.8 Å². The third-order valence-corrected chi connectivity index (χ3v) is 4.86. The molecule has 2 unspecified atom stereocenters. The van der Waals surface area contributed by atoms with E-state index in [0.717, 1.165) is 36.2 Å². The molecule has 0 aromatic carbocycles. The molecule has 24 heavy (non-hydrogen) atoms. The van der Waals surface area contributed by atoms with E-state index in [-0.39, 0.29) is 18.1 Å². The molecule has 1 aliphatic rings. The first-order valence-corrected chi connectivity index (χ1v) is 8.65. The second-order valence-electron chi connectivity index (χ2n) is 6.78. The number of aliphatic hydroxyl groups excluding tert-OH is 1. The van der Waals surface area contributed by atoms with E-state index in [1.54, 1.807) is 11.9 Å². The molecule has 2 aromatic heterocycles. The van der Waals surface area contributed by atoms with Crippen LogP contribution in [-0.4, -0.2) is 51.7 Å². The van der Waals surface area contributed by atoms with Crippen LogP contribution in [0.5, 0.6) is 0 Å². The van der Waals surface area contributed by atoms with Gasteiger partial charge in [-0.3, -0.25) is 0 Å². The van der Waals surface area contributed by atoms with Crippen molar-refractivity contribution in [2.45, 2.75) is 38.7 Å². The van der Waals surface area contributed by atoms with E-state index in [1.807, 2.05) is 35.9 Å². The summed E-state index contributed by atoms with van der Waals surface area (Å²) in [6.45, 7) is 3.21. The summed E-state index contributed by atoms with van der Waals surface area (Å²) in [6, 6.07) is 3.96. The molecule has 1 aliphatic carbocycles. The molecule has 0 radical (unpaired) electrons. The van der Waals surface area contributed by atoms with Crippen LogP contribution in [0, 0.1) is 12.8 Å². The van der Waals surface area contributed by atoms with Crippen LogP contribution in [0.15, 0.2) is 24.5 Å². The second-order valence-corrected chi connectivity index (χ2v) is 6.78. The minimum absolute atomic E-state index is 0.0888. The molecule has 130 valence electrons. The lowest BCUT2D eigenvalue weighted by Gasteiger charge is -2.23. The molecular formula is C18H26N4O2. The fourth-order valence-corrected chi connectivity index (χ4v) is 3.42. The monoisotopic (exact) mass is 330 g/mol. The highest BCUT2D eigenvalue weighted by Gasteiger charge is 2.27. The van der Waals surface area contributed by atoms with E-state index in [2.05, 4.69) is 10.3 Å². The Morgan fingerprint density at radius 2 is 2.33 bits per heavy atom. The third-order valence-electron chi connectivity index (χ3n) is 4.86. The highest BCUT2D eigenvalue weighted by molar-refractivity contribution is 5.73. The van der Waals surface area contributed by atoms with Gasteiger partial charge in [0, 0.05) is 44.9 Å². The van der Waals surface area contributed by atoms with Gasteiger partial charge >= 0.3 is 6.03 Å². The van der Waals surface area contributed by atoms with Gasteiger partial charge in [-0.1, -0.05) is 12.5 Å². The second kappa shape index (κ2) is 7.21. The standard InChI is InChI=1S/C18H26N4O2/c1-13-5-4-10-22-12-15(20-17(13)22)8-9-19-18(24)21(2)11-14-6-3-7-16(14)23/h4-5,10,12,14,16,23H,3,6-9,11H2,1-2H3,(H,19,24). The van der Waals surface area contributed by atoms with Gasteiger partial charge in [0.25, 0.3) is 0 Å². The van der Waals surface area contributed by atoms with Crippen molar-refractivity contribution >= 4 is 11.7 Å². The Labute approximate surface area is 142 Å². The number of fused-ring (bicyclic) bond motifs is 1. The molecule has 0 aliphatic heterocycles. The number of rotatable bonds is 5. The maximum absolute atomic E-state index is 12.2. The van der Waals surface area contributed by atoms with Crippen LogP contribution >= 0.6 is 0 Å². The SMILES string of the molecule is Cc1cccn2cc(CCNC(=O)N(C)CC3CCCC3O)nc12. The van der Waals surface area contributed by atoms with Gasteiger partial charge < -0.3 is 19.7 Å². The van der Waals surface area contributed by atoms with Crippen LogP contribution in [0.4, 0.5) is 4.79 Å². The minimum Gasteiger partial charge on any atom is -0.393 e. The Bertz CT molecular complexity index is 712. The fraction of sp³-hybridized carbons (Fsp3) is 0.556. The average molecular weight is 330 g/mol. The first-order chi connectivity index (χ1) is 11.5. The van der Waals surface area contributed by atoms with Gasteiger partial charge in [-0.2, -0.15) is 0 Å². The Kier molecular flexibility index (Phi) is 5.04. The molecule has 6 nitrogen and oxygen atoms in total. The predicted octanol–water partition coefficient (Wildman–Crippen LogP) is 1.99.